The molecule has 1 atom stereocenters. The van der Waals surface area contributed by atoms with Gasteiger partial charge in [-0.25, -0.2) is 0 Å². The molecule has 0 spiro atoms. The second-order valence-corrected chi connectivity index (χ2v) is 9.39. The third-order valence-electron chi connectivity index (χ3n) is 4.73. The van der Waals surface area contributed by atoms with Gasteiger partial charge in [-0.05, 0) is 50.7 Å². The van der Waals surface area contributed by atoms with Crippen molar-refractivity contribution in [3.63, 3.8) is 0 Å². The molecule has 2 rings (SSSR count). The highest BCUT2D eigenvalue weighted by Gasteiger charge is 2.40. The Kier molecular flexibility index (Phi) is 6.72. The molecule has 1 saturated heterocycles. The quantitative estimate of drug-likeness (QED) is 0.745. The summed E-state index contributed by atoms with van der Waals surface area (Å²) in [4.78, 5) is 38.2. The van der Waals surface area contributed by atoms with Gasteiger partial charge >= 0.3 is 0 Å². The van der Waals surface area contributed by atoms with Crippen molar-refractivity contribution in [1.29, 1.82) is 0 Å². The lowest BCUT2D eigenvalue weighted by Crippen LogP contribution is -2.40. The fourth-order valence-corrected chi connectivity index (χ4v) is 4.69. The molecule has 1 unspecified atom stereocenters. The molecule has 1 heterocycles. The minimum Gasteiger partial charge on any atom is -0.354 e. The Morgan fingerprint density at radius 2 is 1.79 bits per heavy atom. The average Bonchev–Trinajstić information content (AvgIpc) is 2.74. The minimum absolute atomic E-state index is 0.0154. The van der Waals surface area contributed by atoms with Crippen LogP contribution in [0.4, 0.5) is 0 Å². The fourth-order valence-electron chi connectivity index (χ4n) is 3.55. The molecular formula is C18H30N2O3S. The summed E-state index contributed by atoms with van der Waals surface area (Å²) in [6, 6.07) is 0.172. The van der Waals surface area contributed by atoms with E-state index in [1.54, 1.807) is 11.8 Å². The van der Waals surface area contributed by atoms with Gasteiger partial charge < -0.3 is 5.32 Å². The molecule has 0 aromatic rings. The molecule has 6 heteroatoms. The van der Waals surface area contributed by atoms with E-state index in [1.165, 1.54) is 4.90 Å². The number of nitrogens with zero attached hydrogens (tertiary/aromatic N) is 1. The van der Waals surface area contributed by atoms with E-state index >= 15 is 0 Å². The lowest BCUT2D eigenvalue weighted by Gasteiger charge is -2.30. The number of amides is 3. The molecule has 3 amide bonds. The van der Waals surface area contributed by atoms with Gasteiger partial charge in [-0.3, -0.25) is 19.3 Å². The summed E-state index contributed by atoms with van der Waals surface area (Å²) in [5.41, 5.74) is 0. The topological polar surface area (TPSA) is 66.5 Å². The maximum atomic E-state index is 12.4. The molecule has 1 aliphatic carbocycles. The van der Waals surface area contributed by atoms with Crippen molar-refractivity contribution in [3.05, 3.63) is 0 Å². The van der Waals surface area contributed by atoms with E-state index < -0.39 is 0 Å². The smallest absolute Gasteiger partial charge is 0.242 e. The Balaban J connectivity index is 1.82. The van der Waals surface area contributed by atoms with E-state index in [2.05, 4.69) is 19.2 Å². The molecule has 5 nitrogen and oxygen atoms in total. The summed E-state index contributed by atoms with van der Waals surface area (Å²) in [5.74, 6) is 0.517. The van der Waals surface area contributed by atoms with E-state index in [0.717, 1.165) is 25.7 Å². The van der Waals surface area contributed by atoms with Crippen molar-refractivity contribution >= 4 is 29.5 Å². The van der Waals surface area contributed by atoms with Gasteiger partial charge in [-0.1, -0.05) is 13.8 Å². The number of carbonyl (C=O) groups excluding carboxylic acids is 3. The summed E-state index contributed by atoms with van der Waals surface area (Å²) in [6.45, 7) is 8.58. The molecular weight excluding hydrogens is 324 g/mol. The zero-order valence-corrected chi connectivity index (χ0v) is 16.0. The summed E-state index contributed by atoms with van der Waals surface area (Å²) in [5, 5.41) is 3.12. The molecule has 136 valence electrons. The SMILES string of the molecule is CC(C)NC(=O)C1CCC(CN2C(=O)CC(SC(C)C)C2=O)CC1. The number of hydrogen-bond acceptors (Lipinski definition) is 4. The van der Waals surface area contributed by atoms with Crippen molar-refractivity contribution in [2.24, 2.45) is 11.8 Å². The third kappa shape index (κ3) is 4.98. The Hall–Kier alpha value is -1.04. The van der Waals surface area contributed by atoms with Crippen LogP contribution in [0.25, 0.3) is 0 Å². The van der Waals surface area contributed by atoms with Gasteiger partial charge in [0, 0.05) is 24.9 Å². The van der Waals surface area contributed by atoms with Crippen LogP contribution in [0.1, 0.15) is 59.8 Å². The monoisotopic (exact) mass is 354 g/mol. The van der Waals surface area contributed by atoms with Crippen molar-refractivity contribution in [2.75, 3.05) is 6.54 Å². The van der Waals surface area contributed by atoms with Crippen LogP contribution in [0.2, 0.25) is 0 Å². The van der Waals surface area contributed by atoms with Crippen molar-refractivity contribution in [3.8, 4) is 0 Å². The lowest BCUT2D eigenvalue weighted by molar-refractivity contribution is -0.139. The van der Waals surface area contributed by atoms with Gasteiger partial charge in [0.2, 0.25) is 17.7 Å². The van der Waals surface area contributed by atoms with E-state index in [0.29, 0.717) is 24.1 Å². The predicted octanol–water partition coefficient (Wildman–Crippen LogP) is 2.59. The van der Waals surface area contributed by atoms with Gasteiger partial charge in [0.05, 0.1) is 5.25 Å². The van der Waals surface area contributed by atoms with E-state index in [-0.39, 0.29) is 34.9 Å². The summed E-state index contributed by atoms with van der Waals surface area (Å²) < 4.78 is 0. The minimum atomic E-state index is -0.203. The fraction of sp³-hybridized carbons (Fsp3) is 0.833. The molecule has 1 saturated carbocycles. The molecule has 0 bridgehead atoms. The molecule has 0 aromatic heterocycles. The zero-order chi connectivity index (χ0) is 17.9. The first kappa shape index (κ1) is 19.3. The molecule has 24 heavy (non-hydrogen) atoms. The second-order valence-electron chi connectivity index (χ2n) is 7.60. The number of nitrogens with one attached hydrogen (secondary N) is 1. The van der Waals surface area contributed by atoms with Crippen molar-refractivity contribution in [2.45, 2.75) is 76.3 Å². The van der Waals surface area contributed by atoms with Crippen molar-refractivity contribution < 1.29 is 14.4 Å². The number of rotatable bonds is 6. The number of imide groups is 1. The van der Waals surface area contributed by atoms with E-state index in [4.69, 9.17) is 0 Å². The van der Waals surface area contributed by atoms with Crippen LogP contribution >= 0.6 is 11.8 Å². The summed E-state index contributed by atoms with van der Waals surface area (Å²) in [7, 11) is 0. The molecule has 2 aliphatic rings. The molecule has 1 aliphatic heterocycles. The Labute approximate surface area is 149 Å². The zero-order valence-electron chi connectivity index (χ0n) is 15.2. The number of thioether (sulfide) groups is 1. The molecule has 1 N–H and O–H groups in total. The molecule has 0 aromatic carbocycles. The van der Waals surface area contributed by atoms with Gasteiger partial charge in [-0.15, -0.1) is 11.8 Å². The normalized spacial score (nSPS) is 28.1. The maximum Gasteiger partial charge on any atom is 0.242 e. The average molecular weight is 355 g/mol. The molecule has 0 radical (unpaired) electrons. The van der Waals surface area contributed by atoms with Crippen LogP contribution < -0.4 is 5.32 Å². The number of hydrogen-bond donors (Lipinski definition) is 1. The van der Waals surface area contributed by atoms with Crippen molar-refractivity contribution in [1.82, 2.24) is 10.2 Å². The first-order valence-corrected chi connectivity index (χ1v) is 10.0. The van der Waals surface area contributed by atoms with Crippen LogP contribution in [0.5, 0.6) is 0 Å². The Morgan fingerprint density at radius 1 is 1.17 bits per heavy atom. The molecule has 2 fully saturated rings. The summed E-state index contributed by atoms with van der Waals surface area (Å²) >= 11 is 1.58. The predicted molar refractivity (Wildman–Crippen MR) is 96.6 cm³/mol. The lowest BCUT2D eigenvalue weighted by atomic mass is 9.81. The first-order chi connectivity index (χ1) is 11.3. The first-order valence-electron chi connectivity index (χ1n) is 9.08. The van der Waals surface area contributed by atoms with Gasteiger partial charge in [0.1, 0.15) is 0 Å². The van der Waals surface area contributed by atoms with Gasteiger partial charge in [0.15, 0.2) is 0 Å². The Morgan fingerprint density at radius 3 is 2.33 bits per heavy atom. The van der Waals surface area contributed by atoms with E-state index in [9.17, 15) is 14.4 Å². The van der Waals surface area contributed by atoms with Gasteiger partial charge in [-0.2, -0.15) is 0 Å². The van der Waals surface area contributed by atoms with Crippen LogP contribution in [0.15, 0.2) is 0 Å². The van der Waals surface area contributed by atoms with Gasteiger partial charge in [0.25, 0.3) is 0 Å². The largest absolute Gasteiger partial charge is 0.354 e. The van der Waals surface area contributed by atoms with Crippen LogP contribution in [0, 0.1) is 11.8 Å². The highest BCUT2D eigenvalue weighted by molar-refractivity contribution is 8.01. The van der Waals surface area contributed by atoms with E-state index in [1.807, 2.05) is 13.8 Å². The Bertz CT molecular complexity index is 485. The standard InChI is InChI=1S/C18H30N2O3S/c1-11(2)19-17(22)14-7-5-13(6-8-14)10-20-16(21)9-15(18(20)23)24-12(3)4/h11-15H,5-10H2,1-4H3,(H,19,22). The third-order valence-corrected chi connectivity index (χ3v) is 5.97. The number of carbonyl (C=O) groups is 3. The van der Waals surface area contributed by atoms with Crippen LogP contribution in [0.3, 0.4) is 0 Å². The number of likely N-dealkylation sites (tertiary alicyclic amines) is 1. The highest BCUT2D eigenvalue weighted by Crippen LogP contribution is 2.33. The van der Waals surface area contributed by atoms with Crippen LogP contribution in [-0.4, -0.2) is 45.7 Å². The second kappa shape index (κ2) is 8.37. The maximum absolute atomic E-state index is 12.4. The highest BCUT2D eigenvalue weighted by atomic mass is 32.2. The summed E-state index contributed by atoms with van der Waals surface area (Å²) in [6.07, 6.45) is 3.87. The van der Waals surface area contributed by atoms with Crippen LogP contribution in [-0.2, 0) is 14.4 Å².